The van der Waals surface area contributed by atoms with Gasteiger partial charge in [-0.3, -0.25) is 0 Å². The fraction of sp³-hybridized carbons (Fsp3) is 0.0909. The molecule has 35 heavy (non-hydrogen) atoms. The van der Waals surface area contributed by atoms with E-state index in [9.17, 15) is 0 Å². The molecule has 0 aliphatic carbocycles. The van der Waals surface area contributed by atoms with Crippen LogP contribution in [0.2, 0.25) is 0 Å². The average molecular weight is 448 g/mol. The lowest BCUT2D eigenvalue weighted by atomic mass is 9.30. The van der Waals surface area contributed by atoms with E-state index in [0.717, 1.165) is 11.5 Å². The molecule has 0 saturated heterocycles. The van der Waals surface area contributed by atoms with Crippen LogP contribution in [0.5, 0.6) is 11.5 Å². The molecule has 0 bridgehead atoms. The molecule has 0 radical (unpaired) electrons. The van der Waals surface area contributed by atoms with Crippen molar-refractivity contribution >= 4 is 23.1 Å². The fourth-order valence-electron chi connectivity index (χ4n) is 6.23. The van der Waals surface area contributed by atoms with Crippen LogP contribution in [0, 0.1) is 0 Å². The van der Waals surface area contributed by atoms with Crippen LogP contribution in [0.3, 0.4) is 0 Å². The highest BCUT2D eigenvalue weighted by Gasteiger charge is 2.46. The van der Waals surface area contributed by atoms with E-state index in [-0.39, 0.29) is 12.1 Å². The Morgan fingerprint density at radius 2 is 1.23 bits per heavy atom. The predicted octanol–water partition coefficient (Wildman–Crippen LogP) is 6.28. The summed E-state index contributed by atoms with van der Waals surface area (Å²) in [6.07, 6.45) is 0. The number of benzene rings is 5. The van der Waals surface area contributed by atoms with Crippen LogP contribution in [0.1, 0.15) is 25.0 Å². The lowest BCUT2D eigenvalue weighted by molar-refractivity contribution is 0.484. The summed E-state index contributed by atoms with van der Waals surface area (Å²) in [7, 11) is 0. The van der Waals surface area contributed by atoms with Gasteiger partial charge in [0.1, 0.15) is 11.5 Å². The molecule has 0 atom stereocenters. The van der Waals surface area contributed by atoms with Gasteiger partial charge >= 0.3 is 0 Å². The third-order valence-corrected chi connectivity index (χ3v) is 7.80. The number of rotatable bonds is 2. The van der Waals surface area contributed by atoms with Gasteiger partial charge in [-0.2, -0.15) is 0 Å². The Labute approximate surface area is 207 Å². The van der Waals surface area contributed by atoms with Crippen molar-refractivity contribution in [3.8, 4) is 33.8 Å². The summed E-state index contributed by atoms with van der Waals surface area (Å²) in [5.41, 5.74) is 11.5. The van der Waals surface area contributed by atoms with Crippen LogP contribution in [0.15, 0.2) is 115 Å². The standard InChI is InChI=1S/C33H25BO/c1-33(2)26-15-9-10-16-27(26)34-28-21-24(22-11-5-3-6-12-22)17-19-29(28)35-30-20-18-25(31(33)32(30)34)23-13-7-4-8-14-23/h3-21H,1-2H3. The Hall–Kier alpha value is -4.04. The Balaban J connectivity index is 1.54. The van der Waals surface area contributed by atoms with Crippen molar-refractivity contribution in [2.24, 2.45) is 0 Å². The molecule has 1 nitrogen and oxygen atoms in total. The van der Waals surface area contributed by atoms with E-state index >= 15 is 0 Å². The molecule has 0 spiro atoms. The first kappa shape index (κ1) is 20.3. The summed E-state index contributed by atoms with van der Waals surface area (Å²) in [6.45, 7) is 4.86. The quantitative estimate of drug-likeness (QED) is 0.283. The van der Waals surface area contributed by atoms with Gasteiger partial charge in [-0.25, -0.2) is 0 Å². The molecule has 0 aromatic heterocycles. The lowest BCUT2D eigenvalue weighted by Gasteiger charge is -2.43. The molecule has 7 rings (SSSR count). The molecular formula is C33H25BO. The molecule has 0 unspecified atom stereocenters. The minimum absolute atomic E-state index is 0.139. The van der Waals surface area contributed by atoms with Crippen LogP contribution in [0.25, 0.3) is 22.3 Å². The fourth-order valence-corrected chi connectivity index (χ4v) is 6.23. The van der Waals surface area contributed by atoms with Crippen LogP contribution in [0.4, 0.5) is 0 Å². The van der Waals surface area contributed by atoms with E-state index in [1.165, 1.54) is 49.8 Å². The second-order valence-electron chi connectivity index (χ2n) is 10.1. The SMILES string of the molecule is CC1(C)c2ccccc2B2c3cc(-c4ccccc4)ccc3Oc3ccc(-c4ccccc4)c1c32. The third-order valence-electron chi connectivity index (χ3n) is 7.80. The molecular weight excluding hydrogens is 423 g/mol. The molecule has 0 saturated carbocycles. The van der Waals surface area contributed by atoms with Gasteiger partial charge in [-0.15, -0.1) is 0 Å². The first-order chi connectivity index (χ1) is 17.1. The van der Waals surface area contributed by atoms with E-state index in [1.807, 2.05) is 0 Å². The maximum atomic E-state index is 6.61. The molecule has 0 N–H and O–H groups in total. The van der Waals surface area contributed by atoms with Crippen molar-refractivity contribution in [1.29, 1.82) is 0 Å². The average Bonchev–Trinajstić information content (AvgIpc) is 2.91. The van der Waals surface area contributed by atoms with Gasteiger partial charge in [0, 0.05) is 5.41 Å². The third kappa shape index (κ3) is 2.96. The largest absolute Gasteiger partial charge is 0.458 e. The van der Waals surface area contributed by atoms with Gasteiger partial charge in [0.2, 0.25) is 0 Å². The van der Waals surface area contributed by atoms with Crippen molar-refractivity contribution in [3.05, 3.63) is 126 Å². The van der Waals surface area contributed by atoms with Gasteiger partial charge in [-0.1, -0.05) is 122 Å². The number of hydrogen-bond donors (Lipinski definition) is 0. The lowest BCUT2D eigenvalue weighted by Crippen LogP contribution is -2.62. The molecule has 5 aromatic rings. The topological polar surface area (TPSA) is 9.23 Å². The highest BCUT2D eigenvalue weighted by atomic mass is 16.5. The maximum absolute atomic E-state index is 6.61. The zero-order valence-electron chi connectivity index (χ0n) is 20.0. The van der Waals surface area contributed by atoms with E-state index in [4.69, 9.17) is 4.74 Å². The summed E-state index contributed by atoms with van der Waals surface area (Å²) in [5.74, 6) is 1.93. The Bertz CT molecular complexity index is 1590. The molecule has 2 heteroatoms. The van der Waals surface area contributed by atoms with Crippen LogP contribution < -0.4 is 21.1 Å². The molecule has 0 fully saturated rings. The van der Waals surface area contributed by atoms with E-state index in [2.05, 4.69) is 129 Å². The van der Waals surface area contributed by atoms with Gasteiger partial charge < -0.3 is 4.74 Å². The van der Waals surface area contributed by atoms with Crippen LogP contribution >= 0.6 is 0 Å². The van der Waals surface area contributed by atoms with Crippen molar-refractivity contribution in [2.45, 2.75) is 19.3 Å². The maximum Gasteiger partial charge on any atom is 0.251 e. The van der Waals surface area contributed by atoms with Gasteiger partial charge in [0.25, 0.3) is 6.71 Å². The monoisotopic (exact) mass is 448 g/mol. The molecule has 5 aromatic carbocycles. The normalized spacial score (nSPS) is 14.4. The van der Waals surface area contributed by atoms with Crippen LogP contribution in [-0.4, -0.2) is 6.71 Å². The minimum atomic E-state index is -0.151. The van der Waals surface area contributed by atoms with Crippen LogP contribution in [-0.2, 0) is 5.41 Å². The van der Waals surface area contributed by atoms with Gasteiger partial charge in [-0.05, 0) is 56.4 Å². The smallest absolute Gasteiger partial charge is 0.251 e. The minimum Gasteiger partial charge on any atom is -0.458 e. The second-order valence-corrected chi connectivity index (χ2v) is 10.1. The van der Waals surface area contributed by atoms with E-state index in [1.54, 1.807) is 0 Å². The summed E-state index contributed by atoms with van der Waals surface area (Å²) < 4.78 is 6.61. The number of fused-ring (bicyclic) bond motifs is 4. The summed E-state index contributed by atoms with van der Waals surface area (Å²) in [6, 6.07) is 41.5. The number of ether oxygens (including phenoxy) is 1. The molecule has 166 valence electrons. The predicted molar refractivity (Wildman–Crippen MR) is 147 cm³/mol. The number of hydrogen-bond acceptors (Lipinski definition) is 1. The van der Waals surface area contributed by atoms with Crippen molar-refractivity contribution in [1.82, 2.24) is 0 Å². The Kier molecular flexibility index (Phi) is 4.35. The second kappa shape index (κ2) is 7.48. The van der Waals surface area contributed by atoms with Gasteiger partial charge in [0.15, 0.2) is 0 Å². The first-order valence-corrected chi connectivity index (χ1v) is 12.3. The molecule has 2 heterocycles. The molecule has 2 aliphatic heterocycles. The zero-order valence-corrected chi connectivity index (χ0v) is 20.0. The van der Waals surface area contributed by atoms with Crippen molar-refractivity contribution < 1.29 is 4.74 Å². The van der Waals surface area contributed by atoms with E-state index in [0.29, 0.717) is 0 Å². The molecule has 2 aliphatic rings. The van der Waals surface area contributed by atoms with Crippen molar-refractivity contribution in [2.75, 3.05) is 0 Å². The first-order valence-electron chi connectivity index (χ1n) is 12.3. The van der Waals surface area contributed by atoms with Gasteiger partial charge in [0.05, 0.1) is 0 Å². The highest BCUT2D eigenvalue weighted by molar-refractivity contribution is 6.98. The van der Waals surface area contributed by atoms with Crippen molar-refractivity contribution in [3.63, 3.8) is 0 Å². The van der Waals surface area contributed by atoms with E-state index < -0.39 is 0 Å². The Morgan fingerprint density at radius 1 is 0.571 bits per heavy atom. The summed E-state index contributed by atoms with van der Waals surface area (Å²) in [4.78, 5) is 0. The highest BCUT2D eigenvalue weighted by Crippen LogP contribution is 2.43. The summed E-state index contributed by atoms with van der Waals surface area (Å²) >= 11 is 0. The molecule has 0 amide bonds. The Morgan fingerprint density at radius 3 is 2.00 bits per heavy atom. The summed E-state index contributed by atoms with van der Waals surface area (Å²) in [5, 5.41) is 0. The zero-order chi connectivity index (χ0) is 23.6.